The third-order valence-electron chi connectivity index (χ3n) is 3.16. The standard InChI is InChI=1S/C20H16O3Si/c1-2-24(21-18-12-6-3-7-13-18,22-19-14-8-4-9-15-19)23-20-16-10-5-11-17-20/h1,3-17H. The molecular weight excluding hydrogens is 316 g/mol. The molecule has 0 N–H and O–H groups in total. The summed E-state index contributed by atoms with van der Waals surface area (Å²) in [6.07, 6.45) is 5.79. The molecule has 0 fully saturated rings. The van der Waals surface area contributed by atoms with Gasteiger partial charge in [0.2, 0.25) is 0 Å². The Labute approximate surface area is 142 Å². The molecule has 3 nitrogen and oxygen atoms in total. The summed E-state index contributed by atoms with van der Waals surface area (Å²) in [4.78, 5) is 0. The summed E-state index contributed by atoms with van der Waals surface area (Å²) < 4.78 is 18.1. The molecule has 118 valence electrons. The molecule has 0 spiro atoms. The number of para-hydroxylation sites is 3. The van der Waals surface area contributed by atoms with Crippen LogP contribution >= 0.6 is 0 Å². The van der Waals surface area contributed by atoms with Crippen molar-refractivity contribution in [2.75, 3.05) is 0 Å². The Kier molecular flexibility index (Phi) is 4.85. The lowest BCUT2D eigenvalue weighted by atomic mass is 10.3. The van der Waals surface area contributed by atoms with Crippen LogP contribution in [0.2, 0.25) is 0 Å². The van der Waals surface area contributed by atoms with Gasteiger partial charge >= 0.3 is 8.80 Å². The van der Waals surface area contributed by atoms with Gasteiger partial charge in [-0.2, -0.15) is 0 Å². The fourth-order valence-corrected chi connectivity index (χ4v) is 3.72. The van der Waals surface area contributed by atoms with Gasteiger partial charge < -0.3 is 13.3 Å². The second kappa shape index (κ2) is 7.40. The van der Waals surface area contributed by atoms with E-state index in [0.29, 0.717) is 17.2 Å². The van der Waals surface area contributed by atoms with E-state index in [-0.39, 0.29) is 0 Å². The first-order valence-electron chi connectivity index (χ1n) is 7.50. The SMILES string of the molecule is C#C[Si](Oc1ccccc1)(Oc1ccccc1)Oc1ccccc1. The van der Waals surface area contributed by atoms with Crippen LogP contribution in [0, 0.1) is 12.0 Å². The molecule has 0 saturated carbocycles. The van der Waals surface area contributed by atoms with Gasteiger partial charge in [0, 0.05) is 0 Å². The van der Waals surface area contributed by atoms with E-state index in [0.717, 1.165) is 0 Å². The van der Waals surface area contributed by atoms with Crippen LogP contribution in [0.15, 0.2) is 91.0 Å². The van der Waals surface area contributed by atoms with Crippen LogP contribution in [0.4, 0.5) is 0 Å². The normalized spacial score (nSPS) is 10.5. The highest BCUT2D eigenvalue weighted by Crippen LogP contribution is 2.23. The molecule has 0 amide bonds. The number of hydrogen-bond acceptors (Lipinski definition) is 3. The first-order valence-corrected chi connectivity index (χ1v) is 9.22. The highest BCUT2D eigenvalue weighted by molar-refractivity contribution is 6.71. The zero-order chi connectivity index (χ0) is 16.7. The third-order valence-corrected chi connectivity index (χ3v) is 5.03. The Morgan fingerprint density at radius 3 is 1.08 bits per heavy atom. The van der Waals surface area contributed by atoms with Gasteiger partial charge in [0.15, 0.2) is 0 Å². The van der Waals surface area contributed by atoms with Crippen molar-refractivity contribution in [3.05, 3.63) is 91.0 Å². The fourth-order valence-electron chi connectivity index (χ4n) is 2.08. The third kappa shape index (κ3) is 3.97. The molecule has 3 aromatic carbocycles. The topological polar surface area (TPSA) is 27.7 Å². The van der Waals surface area contributed by atoms with Crippen molar-refractivity contribution < 1.29 is 13.3 Å². The molecule has 0 aliphatic rings. The second-order valence-corrected chi connectivity index (χ2v) is 6.96. The zero-order valence-electron chi connectivity index (χ0n) is 13.0. The molecular formula is C20H16O3Si. The van der Waals surface area contributed by atoms with Gasteiger partial charge in [-0.15, -0.1) is 6.42 Å². The van der Waals surface area contributed by atoms with Gasteiger partial charge in [-0.25, -0.2) is 0 Å². The van der Waals surface area contributed by atoms with Gasteiger partial charge in [0.05, 0.1) is 0 Å². The van der Waals surface area contributed by atoms with Crippen molar-refractivity contribution in [1.82, 2.24) is 0 Å². The molecule has 3 aromatic rings. The van der Waals surface area contributed by atoms with E-state index in [4.69, 9.17) is 19.7 Å². The van der Waals surface area contributed by atoms with Crippen LogP contribution in [0.5, 0.6) is 17.2 Å². The molecule has 0 atom stereocenters. The maximum Gasteiger partial charge on any atom is 0.793 e. The average molecular weight is 332 g/mol. The van der Waals surface area contributed by atoms with Crippen LogP contribution in [0.1, 0.15) is 0 Å². The molecule has 0 saturated heterocycles. The Hall–Kier alpha value is -3.16. The van der Waals surface area contributed by atoms with E-state index in [9.17, 15) is 0 Å². The smallest absolute Gasteiger partial charge is 0.474 e. The molecule has 0 aromatic heterocycles. The van der Waals surface area contributed by atoms with Crippen molar-refractivity contribution in [1.29, 1.82) is 0 Å². The van der Waals surface area contributed by atoms with E-state index < -0.39 is 8.80 Å². The van der Waals surface area contributed by atoms with E-state index >= 15 is 0 Å². The maximum atomic E-state index is 6.02. The number of hydrogen-bond donors (Lipinski definition) is 0. The van der Waals surface area contributed by atoms with Gasteiger partial charge in [0.1, 0.15) is 17.2 Å². The Balaban J connectivity index is 1.93. The lowest BCUT2D eigenvalue weighted by molar-refractivity contribution is 0.283. The predicted octanol–water partition coefficient (Wildman–Crippen LogP) is 4.33. The summed E-state index contributed by atoms with van der Waals surface area (Å²) >= 11 is 0. The van der Waals surface area contributed by atoms with Crippen molar-refractivity contribution in [2.45, 2.75) is 0 Å². The summed E-state index contributed by atoms with van der Waals surface area (Å²) in [5, 5.41) is 0. The molecule has 0 heterocycles. The highest BCUT2D eigenvalue weighted by atomic mass is 28.4. The summed E-state index contributed by atoms with van der Waals surface area (Å²) in [7, 11) is -3.46. The number of benzene rings is 3. The first-order chi connectivity index (χ1) is 11.8. The van der Waals surface area contributed by atoms with Gasteiger partial charge in [-0.3, -0.25) is 0 Å². The van der Waals surface area contributed by atoms with Crippen molar-refractivity contribution >= 4 is 8.80 Å². The van der Waals surface area contributed by atoms with Crippen LogP contribution in [0.3, 0.4) is 0 Å². The summed E-state index contributed by atoms with van der Waals surface area (Å²) in [5.74, 6) is 1.82. The Morgan fingerprint density at radius 1 is 0.542 bits per heavy atom. The van der Waals surface area contributed by atoms with Gasteiger partial charge in [-0.05, 0) is 41.9 Å². The van der Waals surface area contributed by atoms with Crippen LogP contribution in [-0.2, 0) is 0 Å². The van der Waals surface area contributed by atoms with Crippen molar-refractivity contribution in [3.8, 4) is 29.2 Å². The molecule has 4 heteroatoms. The fraction of sp³-hybridized carbons (Fsp3) is 0. The largest absolute Gasteiger partial charge is 0.793 e. The first kappa shape index (κ1) is 15.7. The van der Waals surface area contributed by atoms with E-state index in [1.165, 1.54) is 0 Å². The average Bonchev–Trinajstić information content (AvgIpc) is 2.64. The van der Waals surface area contributed by atoms with Crippen molar-refractivity contribution in [3.63, 3.8) is 0 Å². The molecule has 3 rings (SSSR count). The number of terminal acetylenes is 1. The minimum absolute atomic E-state index is 0.606. The van der Waals surface area contributed by atoms with Gasteiger partial charge in [-0.1, -0.05) is 54.6 Å². The molecule has 0 bridgehead atoms. The van der Waals surface area contributed by atoms with E-state index in [1.807, 2.05) is 91.0 Å². The predicted molar refractivity (Wildman–Crippen MR) is 95.8 cm³/mol. The monoisotopic (exact) mass is 332 g/mol. The lowest BCUT2D eigenvalue weighted by Crippen LogP contribution is -2.54. The van der Waals surface area contributed by atoms with Crippen LogP contribution < -0.4 is 13.3 Å². The van der Waals surface area contributed by atoms with Crippen LogP contribution in [-0.4, -0.2) is 8.80 Å². The Morgan fingerprint density at radius 2 is 0.833 bits per heavy atom. The van der Waals surface area contributed by atoms with E-state index in [1.54, 1.807) is 0 Å². The zero-order valence-corrected chi connectivity index (χ0v) is 14.0. The molecule has 0 aliphatic carbocycles. The minimum Gasteiger partial charge on any atom is -0.474 e. The Bertz CT molecular complexity index is 697. The second-order valence-electron chi connectivity index (χ2n) is 4.95. The lowest BCUT2D eigenvalue weighted by Gasteiger charge is -2.25. The van der Waals surface area contributed by atoms with Crippen molar-refractivity contribution in [2.24, 2.45) is 0 Å². The quantitative estimate of drug-likeness (QED) is 0.496. The van der Waals surface area contributed by atoms with Crippen LogP contribution in [0.25, 0.3) is 0 Å². The minimum atomic E-state index is -3.46. The highest BCUT2D eigenvalue weighted by Gasteiger charge is 2.48. The van der Waals surface area contributed by atoms with Gasteiger partial charge in [0.25, 0.3) is 0 Å². The summed E-state index contributed by atoms with van der Waals surface area (Å²) in [5.41, 5.74) is 2.63. The summed E-state index contributed by atoms with van der Waals surface area (Å²) in [6, 6.07) is 27.9. The van der Waals surface area contributed by atoms with E-state index in [2.05, 4.69) is 5.54 Å². The summed E-state index contributed by atoms with van der Waals surface area (Å²) in [6.45, 7) is 0. The maximum absolute atomic E-state index is 6.02. The molecule has 24 heavy (non-hydrogen) atoms. The molecule has 0 aliphatic heterocycles. The molecule has 0 radical (unpaired) electrons. The number of rotatable bonds is 6. The molecule has 0 unspecified atom stereocenters.